The molecule has 0 spiro atoms. The van der Waals surface area contributed by atoms with E-state index in [1.54, 1.807) is 24.3 Å². The lowest BCUT2D eigenvalue weighted by molar-refractivity contribution is -0.137. The number of halogens is 5. The molecule has 0 bridgehead atoms. The standard InChI is InChI=1S/C17H14Cl2F3NO2/c18-13-4-1-11(2-5-13)10-25-16(24)9-23-8-12-3-6-15(19)14(7-12)17(20,21)22/h1-8,16,24H,9-10H2. The fourth-order valence-electron chi connectivity index (χ4n) is 1.91. The Morgan fingerprint density at radius 1 is 1.12 bits per heavy atom. The van der Waals surface area contributed by atoms with Crippen molar-refractivity contribution in [3.05, 3.63) is 69.2 Å². The summed E-state index contributed by atoms with van der Waals surface area (Å²) in [7, 11) is 0. The first-order valence-corrected chi connectivity index (χ1v) is 7.92. The molecule has 1 N–H and O–H groups in total. The van der Waals surface area contributed by atoms with Crippen LogP contribution in [0.25, 0.3) is 0 Å². The third-order valence-corrected chi connectivity index (χ3v) is 3.73. The molecule has 3 nitrogen and oxygen atoms in total. The summed E-state index contributed by atoms with van der Waals surface area (Å²) in [6, 6.07) is 10.4. The van der Waals surface area contributed by atoms with E-state index in [9.17, 15) is 18.3 Å². The van der Waals surface area contributed by atoms with Gasteiger partial charge in [0.2, 0.25) is 0 Å². The Balaban J connectivity index is 1.88. The van der Waals surface area contributed by atoms with Gasteiger partial charge in [-0.25, -0.2) is 0 Å². The van der Waals surface area contributed by atoms with Crippen molar-refractivity contribution in [2.75, 3.05) is 6.54 Å². The highest BCUT2D eigenvalue weighted by molar-refractivity contribution is 6.31. The molecule has 0 radical (unpaired) electrons. The normalized spacial score (nSPS) is 13.4. The Morgan fingerprint density at radius 2 is 1.80 bits per heavy atom. The average Bonchev–Trinajstić information content (AvgIpc) is 2.55. The van der Waals surface area contributed by atoms with Gasteiger partial charge in [0.1, 0.15) is 0 Å². The summed E-state index contributed by atoms with van der Waals surface area (Å²) in [5, 5.41) is 9.92. The maximum absolute atomic E-state index is 12.8. The lowest BCUT2D eigenvalue weighted by Crippen LogP contribution is -2.15. The molecule has 0 saturated carbocycles. The van der Waals surface area contributed by atoms with Crippen molar-refractivity contribution in [2.24, 2.45) is 4.99 Å². The van der Waals surface area contributed by atoms with Crippen molar-refractivity contribution in [3.63, 3.8) is 0 Å². The van der Waals surface area contributed by atoms with Crippen molar-refractivity contribution >= 4 is 29.4 Å². The summed E-state index contributed by atoms with van der Waals surface area (Å²) in [5.74, 6) is 0. The predicted octanol–water partition coefficient (Wildman–Crippen LogP) is 4.97. The molecule has 0 amide bonds. The van der Waals surface area contributed by atoms with Crippen LogP contribution in [0.15, 0.2) is 47.5 Å². The van der Waals surface area contributed by atoms with Crippen LogP contribution in [-0.4, -0.2) is 24.2 Å². The van der Waals surface area contributed by atoms with Gasteiger partial charge >= 0.3 is 6.18 Å². The molecular formula is C17H14Cl2F3NO2. The van der Waals surface area contributed by atoms with Crippen LogP contribution in [-0.2, 0) is 17.5 Å². The SMILES string of the molecule is OC(CN=Cc1ccc(Cl)c(C(F)(F)F)c1)OCc1ccc(Cl)cc1. The van der Waals surface area contributed by atoms with Gasteiger partial charge in [-0.3, -0.25) is 4.99 Å². The van der Waals surface area contributed by atoms with Crippen molar-refractivity contribution < 1.29 is 23.0 Å². The topological polar surface area (TPSA) is 41.8 Å². The van der Waals surface area contributed by atoms with E-state index < -0.39 is 18.0 Å². The number of benzene rings is 2. The first kappa shape index (κ1) is 19.7. The van der Waals surface area contributed by atoms with Crippen LogP contribution < -0.4 is 0 Å². The highest BCUT2D eigenvalue weighted by atomic mass is 35.5. The summed E-state index contributed by atoms with van der Waals surface area (Å²) in [6.07, 6.45) is -4.50. The Labute approximate surface area is 152 Å². The summed E-state index contributed by atoms with van der Waals surface area (Å²) in [6.45, 7) is 0.0462. The molecule has 0 aromatic heterocycles. The van der Waals surface area contributed by atoms with Gasteiger partial charge < -0.3 is 9.84 Å². The molecule has 1 unspecified atom stereocenters. The molecule has 2 rings (SSSR count). The second-order valence-corrected chi connectivity index (χ2v) is 5.97. The summed E-state index contributed by atoms with van der Waals surface area (Å²) < 4.78 is 43.5. The van der Waals surface area contributed by atoms with E-state index in [0.717, 1.165) is 17.7 Å². The highest BCUT2D eigenvalue weighted by Gasteiger charge is 2.33. The Bertz CT molecular complexity index is 734. The minimum absolute atomic E-state index is 0.114. The first-order chi connectivity index (χ1) is 11.8. The molecule has 2 aromatic carbocycles. The van der Waals surface area contributed by atoms with E-state index in [1.807, 2.05) is 0 Å². The van der Waals surface area contributed by atoms with Crippen LogP contribution in [0.1, 0.15) is 16.7 Å². The second-order valence-electron chi connectivity index (χ2n) is 5.12. The van der Waals surface area contributed by atoms with E-state index in [2.05, 4.69) is 4.99 Å². The molecule has 25 heavy (non-hydrogen) atoms. The van der Waals surface area contributed by atoms with E-state index in [1.165, 1.54) is 12.3 Å². The molecule has 0 aliphatic rings. The van der Waals surface area contributed by atoms with Crippen molar-refractivity contribution in [1.29, 1.82) is 0 Å². The second kappa shape index (κ2) is 8.67. The van der Waals surface area contributed by atoms with Crippen LogP contribution in [0, 0.1) is 0 Å². The number of aliphatic imine (C=N–C) groups is 1. The molecular weight excluding hydrogens is 378 g/mol. The molecule has 0 fully saturated rings. The third kappa shape index (κ3) is 6.32. The third-order valence-electron chi connectivity index (χ3n) is 3.15. The zero-order valence-corrected chi connectivity index (χ0v) is 14.3. The van der Waals surface area contributed by atoms with Crippen LogP contribution in [0.2, 0.25) is 10.0 Å². The average molecular weight is 392 g/mol. The van der Waals surface area contributed by atoms with Crippen molar-refractivity contribution in [2.45, 2.75) is 19.1 Å². The van der Waals surface area contributed by atoms with Gasteiger partial charge in [-0.05, 0) is 35.4 Å². The monoisotopic (exact) mass is 391 g/mol. The van der Waals surface area contributed by atoms with Gasteiger partial charge in [-0.2, -0.15) is 13.2 Å². The first-order valence-electron chi connectivity index (χ1n) is 7.16. The Morgan fingerprint density at radius 3 is 2.44 bits per heavy atom. The van der Waals surface area contributed by atoms with Crippen LogP contribution in [0.3, 0.4) is 0 Å². The fraction of sp³-hybridized carbons (Fsp3) is 0.235. The Hall–Kier alpha value is -1.60. The summed E-state index contributed by atoms with van der Waals surface area (Å²) in [5.41, 5.74) is 0.110. The number of alkyl halides is 3. The van der Waals surface area contributed by atoms with Crippen molar-refractivity contribution in [3.8, 4) is 0 Å². The lowest BCUT2D eigenvalue weighted by Gasteiger charge is -2.10. The van der Waals surface area contributed by atoms with Gasteiger partial charge in [0.15, 0.2) is 6.29 Å². The predicted molar refractivity (Wildman–Crippen MR) is 91.2 cm³/mol. The number of hydrogen-bond acceptors (Lipinski definition) is 3. The minimum atomic E-state index is -4.54. The zero-order chi connectivity index (χ0) is 18.4. The van der Waals surface area contributed by atoms with E-state index in [-0.39, 0.29) is 23.7 Å². The zero-order valence-electron chi connectivity index (χ0n) is 12.8. The number of aliphatic hydroxyl groups is 1. The van der Waals surface area contributed by atoms with Crippen LogP contribution in [0.5, 0.6) is 0 Å². The maximum atomic E-state index is 12.8. The largest absolute Gasteiger partial charge is 0.417 e. The molecule has 1 atom stereocenters. The van der Waals surface area contributed by atoms with Crippen LogP contribution >= 0.6 is 23.2 Å². The summed E-state index contributed by atoms with van der Waals surface area (Å²) in [4.78, 5) is 3.89. The molecule has 134 valence electrons. The van der Waals surface area contributed by atoms with Crippen molar-refractivity contribution in [1.82, 2.24) is 0 Å². The van der Waals surface area contributed by atoms with Crippen LogP contribution in [0.4, 0.5) is 13.2 Å². The molecule has 0 heterocycles. The minimum Gasteiger partial charge on any atom is -0.366 e. The fourth-order valence-corrected chi connectivity index (χ4v) is 2.27. The summed E-state index contributed by atoms with van der Waals surface area (Å²) >= 11 is 11.3. The van der Waals surface area contributed by atoms with Gasteiger partial charge in [0, 0.05) is 11.2 Å². The molecule has 8 heteroatoms. The molecule has 0 aliphatic carbocycles. The van der Waals surface area contributed by atoms with E-state index >= 15 is 0 Å². The van der Waals surface area contributed by atoms with E-state index in [4.69, 9.17) is 27.9 Å². The van der Waals surface area contributed by atoms with E-state index in [0.29, 0.717) is 5.02 Å². The van der Waals surface area contributed by atoms with Gasteiger partial charge in [0.05, 0.1) is 23.7 Å². The molecule has 2 aromatic rings. The number of rotatable bonds is 6. The number of nitrogens with zero attached hydrogens (tertiary/aromatic N) is 1. The quantitative estimate of drug-likeness (QED) is 0.558. The Kier molecular flexibility index (Phi) is 6.84. The number of aliphatic hydroxyl groups excluding tert-OH is 1. The lowest BCUT2D eigenvalue weighted by atomic mass is 10.1. The number of hydrogen-bond donors (Lipinski definition) is 1. The maximum Gasteiger partial charge on any atom is 0.417 e. The molecule has 0 saturated heterocycles. The highest BCUT2D eigenvalue weighted by Crippen LogP contribution is 2.34. The number of ether oxygens (including phenoxy) is 1. The van der Waals surface area contributed by atoms with Gasteiger partial charge in [-0.1, -0.05) is 41.4 Å². The van der Waals surface area contributed by atoms with Gasteiger partial charge in [-0.15, -0.1) is 0 Å². The molecule has 0 aliphatic heterocycles. The van der Waals surface area contributed by atoms with Gasteiger partial charge in [0.25, 0.3) is 0 Å². The smallest absolute Gasteiger partial charge is 0.366 e.